The third-order valence-electron chi connectivity index (χ3n) is 5.47. The van der Waals surface area contributed by atoms with E-state index in [1.807, 2.05) is 0 Å². The molecule has 9 nitrogen and oxygen atoms in total. The third-order valence-corrected chi connectivity index (χ3v) is 7.59. The van der Waals surface area contributed by atoms with Crippen molar-refractivity contribution in [2.45, 2.75) is 56.5 Å². The molecule has 1 N–H and O–H groups in total. The molecule has 0 atom stereocenters. The van der Waals surface area contributed by atoms with Crippen LogP contribution in [0.25, 0.3) is 11.0 Å². The molecule has 0 spiro atoms. The van der Waals surface area contributed by atoms with Crippen LogP contribution in [0.1, 0.15) is 51.2 Å². The van der Waals surface area contributed by atoms with Crippen molar-refractivity contribution in [2.24, 2.45) is 0 Å². The van der Waals surface area contributed by atoms with Crippen molar-refractivity contribution in [3.05, 3.63) is 29.9 Å². The quantitative estimate of drug-likeness (QED) is 0.573. The van der Waals surface area contributed by atoms with Crippen LogP contribution >= 0.6 is 11.7 Å². The molecule has 0 amide bonds. The van der Waals surface area contributed by atoms with E-state index < -0.39 is 15.6 Å². The monoisotopic (exact) mass is 436 g/mol. The summed E-state index contributed by atoms with van der Waals surface area (Å²) >= 11 is 0.998. The minimum Gasteiger partial charge on any atom is -0.338 e. The fourth-order valence-electron chi connectivity index (χ4n) is 3.81. The average Bonchev–Trinajstić information content (AvgIpc) is 3.46. The van der Waals surface area contributed by atoms with E-state index in [0.717, 1.165) is 37.7 Å². The molecule has 2 heterocycles. The van der Waals surface area contributed by atoms with Crippen LogP contribution in [0, 0.1) is 0 Å². The Labute approximate surface area is 173 Å². The van der Waals surface area contributed by atoms with Crippen molar-refractivity contribution < 1.29 is 12.9 Å². The second kappa shape index (κ2) is 8.05. The molecule has 11 heteroatoms. The van der Waals surface area contributed by atoms with Crippen molar-refractivity contribution in [2.75, 3.05) is 13.1 Å². The summed E-state index contributed by atoms with van der Waals surface area (Å²) in [6.45, 7) is 6.44. The highest BCUT2D eigenvalue weighted by molar-refractivity contribution is 7.89. The minimum absolute atomic E-state index is 0.127. The van der Waals surface area contributed by atoms with Gasteiger partial charge in [-0.05, 0) is 38.1 Å². The first-order chi connectivity index (χ1) is 14.0. The predicted octanol–water partition coefficient (Wildman–Crippen LogP) is 2.66. The Morgan fingerprint density at radius 2 is 1.97 bits per heavy atom. The first-order valence-electron chi connectivity index (χ1n) is 9.78. The lowest BCUT2D eigenvalue weighted by molar-refractivity contribution is 0.244. The Bertz CT molecular complexity index is 1080. The summed E-state index contributed by atoms with van der Waals surface area (Å²) in [6.07, 6.45) is 3.04. The van der Waals surface area contributed by atoms with Gasteiger partial charge in [0.2, 0.25) is 15.9 Å². The molecule has 1 aliphatic carbocycles. The van der Waals surface area contributed by atoms with Crippen molar-refractivity contribution >= 4 is 32.8 Å². The van der Waals surface area contributed by atoms with E-state index >= 15 is 0 Å². The van der Waals surface area contributed by atoms with E-state index in [0.29, 0.717) is 42.1 Å². The molecule has 4 rings (SSSR count). The summed E-state index contributed by atoms with van der Waals surface area (Å²) in [5.41, 5.74) is 0.0861. The fourth-order valence-corrected chi connectivity index (χ4v) is 6.00. The van der Waals surface area contributed by atoms with Gasteiger partial charge in [0, 0.05) is 0 Å². The zero-order chi connectivity index (χ0) is 20.5. The summed E-state index contributed by atoms with van der Waals surface area (Å²) in [7, 11) is -3.85. The van der Waals surface area contributed by atoms with Gasteiger partial charge in [0.15, 0.2) is 5.82 Å². The van der Waals surface area contributed by atoms with Crippen molar-refractivity contribution in [1.82, 2.24) is 28.5 Å². The number of fused-ring (bicyclic) bond motifs is 1. The summed E-state index contributed by atoms with van der Waals surface area (Å²) < 4.78 is 43.2. The molecule has 0 radical (unpaired) electrons. The van der Waals surface area contributed by atoms with E-state index in [1.54, 1.807) is 18.2 Å². The maximum Gasteiger partial charge on any atom is 0.243 e. The van der Waals surface area contributed by atoms with Crippen LogP contribution in [0.3, 0.4) is 0 Å². The molecule has 3 aromatic rings. The lowest BCUT2D eigenvalue weighted by Crippen LogP contribution is -2.44. The van der Waals surface area contributed by atoms with E-state index in [4.69, 9.17) is 4.52 Å². The van der Waals surface area contributed by atoms with Gasteiger partial charge in [-0.3, -0.25) is 4.90 Å². The van der Waals surface area contributed by atoms with Crippen LogP contribution in [0.5, 0.6) is 0 Å². The number of aromatic nitrogens is 4. The Morgan fingerprint density at radius 1 is 1.21 bits per heavy atom. The molecule has 0 bridgehead atoms. The van der Waals surface area contributed by atoms with Crippen LogP contribution < -0.4 is 4.72 Å². The van der Waals surface area contributed by atoms with E-state index in [-0.39, 0.29) is 4.90 Å². The van der Waals surface area contributed by atoms with Crippen LogP contribution in [0.15, 0.2) is 27.6 Å². The first kappa shape index (κ1) is 20.3. The maximum absolute atomic E-state index is 13.3. The number of nitrogens with zero attached hydrogens (tertiary/aromatic N) is 5. The molecular formula is C18H24N6O3S2. The molecule has 1 saturated carbocycles. The summed E-state index contributed by atoms with van der Waals surface area (Å²) in [5, 5.41) is 4.16. The number of sulfonamides is 1. The standard InChI is InChI=1S/C18H24N6O3S2/c1-3-24(4-2)12-15-19-17(20-27-15)18(10-5-6-11-18)23-29(25,26)14-9-7-8-13-16(14)22-28-21-13/h7-9,23H,3-6,10-12H2,1-2H3. The second-order valence-corrected chi connectivity index (χ2v) is 9.44. The Kier molecular flexibility index (Phi) is 5.65. The van der Waals surface area contributed by atoms with Crippen molar-refractivity contribution in [3.8, 4) is 0 Å². The molecule has 1 aliphatic rings. The molecular weight excluding hydrogens is 412 g/mol. The van der Waals surface area contributed by atoms with Gasteiger partial charge in [-0.25, -0.2) is 8.42 Å². The molecule has 2 aromatic heterocycles. The summed E-state index contributed by atoms with van der Waals surface area (Å²) in [6, 6.07) is 4.98. The molecule has 1 aromatic carbocycles. The van der Waals surface area contributed by atoms with E-state index in [9.17, 15) is 8.42 Å². The fraction of sp³-hybridized carbons (Fsp3) is 0.556. The molecule has 156 valence electrons. The summed E-state index contributed by atoms with van der Waals surface area (Å²) in [4.78, 5) is 6.85. The number of nitrogens with one attached hydrogen (secondary N) is 1. The Morgan fingerprint density at radius 3 is 2.69 bits per heavy atom. The second-order valence-electron chi connectivity index (χ2n) is 7.26. The average molecular weight is 437 g/mol. The van der Waals surface area contributed by atoms with Gasteiger partial charge in [-0.1, -0.05) is 37.9 Å². The smallest absolute Gasteiger partial charge is 0.243 e. The lowest BCUT2D eigenvalue weighted by atomic mass is 9.98. The molecule has 0 unspecified atom stereocenters. The highest BCUT2D eigenvalue weighted by Gasteiger charge is 2.44. The number of benzene rings is 1. The molecule has 1 fully saturated rings. The van der Waals surface area contributed by atoms with Gasteiger partial charge in [0.1, 0.15) is 15.9 Å². The Hall–Kier alpha value is -1.95. The van der Waals surface area contributed by atoms with Gasteiger partial charge >= 0.3 is 0 Å². The zero-order valence-corrected chi connectivity index (χ0v) is 18.1. The highest BCUT2D eigenvalue weighted by atomic mass is 32.2. The minimum atomic E-state index is -3.85. The SMILES string of the molecule is CCN(CC)Cc1nc(C2(NS(=O)(=O)c3cccc4nsnc34)CCCC2)no1. The summed E-state index contributed by atoms with van der Waals surface area (Å²) in [5.74, 6) is 0.907. The van der Waals surface area contributed by atoms with Gasteiger partial charge in [-0.2, -0.15) is 18.5 Å². The molecule has 0 aliphatic heterocycles. The lowest BCUT2D eigenvalue weighted by Gasteiger charge is -2.26. The maximum atomic E-state index is 13.3. The van der Waals surface area contributed by atoms with Gasteiger partial charge in [0.25, 0.3) is 0 Å². The van der Waals surface area contributed by atoms with Gasteiger partial charge in [-0.15, -0.1) is 0 Å². The normalized spacial score (nSPS) is 16.8. The van der Waals surface area contributed by atoms with Crippen LogP contribution in [0.2, 0.25) is 0 Å². The van der Waals surface area contributed by atoms with Crippen molar-refractivity contribution in [3.63, 3.8) is 0 Å². The third kappa shape index (κ3) is 3.91. The van der Waals surface area contributed by atoms with Crippen LogP contribution in [0.4, 0.5) is 0 Å². The number of rotatable bonds is 8. The topological polar surface area (TPSA) is 114 Å². The van der Waals surface area contributed by atoms with Gasteiger partial charge < -0.3 is 4.52 Å². The largest absolute Gasteiger partial charge is 0.338 e. The van der Waals surface area contributed by atoms with E-state index in [1.165, 1.54) is 0 Å². The predicted molar refractivity (Wildman–Crippen MR) is 109 cm³/mol. The van der Waals surface area contributed by atoms with E-state index in [2.05, 4.69) is 42.4 Å². The van der Waals surface area contributed by atoms with Gasteiger partial charge in [0.05, 0.1) is 23.8 Å². The molecule has 0 saturated heterocycles. The zero-order valence-electron chi connectivity index (χ0n) is 16.5. The number of hydrogen-bond acceptors (Lipinski definition) is 9. The first-order valence-corrected chi connectivity index (χ1v) is 12.0. The Balaban J connectivity index is 1.66. The van der Waals surface area contributed by atoms with Crippen LogP contribution in [-0.4, -0.2) is 45.3 Å². The highest BCUT2D eigenvalue weighted by Crippen LogP contribution is 2.39. The number of hydrogen-bond donors (Lipinski definition) is 1. The van der Waals surface area contributed by atoms with Crippen LogP contribution in [-0.2, 0) is 22.1 Å². The molecule has 29 heavy (non-hydrogen) atoms. The van der Waals surface area contributed by atoms with Crippen molar-refractivity contribution in [1.29, 1.82) is 0 Å².